The zero-order valence-electron chi connectivity index (χ0n) is 19.7. The highest BCUT2D eigenvalue weighted by molar-refractivity contribution is 7.96. The molecule has 35 heavy (non-hydrogen) atoms. The molecular weight excluding hydrogens is 465 g/mol. The van der Waals surface area contributed by atoms with Crippen LogP contribution in [0.4, 0.5) is 10.1 Å². The normalized spacial score (nSPS) is 23.7. The molecular formula is C27H28FN3O3S. The predicted octanol–water partition coefficient (Wildman–Crippen LogP) is 4.99. The zero-order valence-corrected chi connectivity index (χ0v) is 20.5. The number of hydrogen-bond acceptors (Lipinski definition) is 5. The lowest BCUT2D eigenvalue weighted by Crippen LogP contribution is -2.56. The van der Waals surface area contributed by atoms with Crippen molar-refractivity contribution in [3.05, 3.63) is 89.2 Å². The number of pyridine rings is 1. The Hall–Kier alpha value is -3.23. The number of benzene rings is 2. The summed E-state index contributed by atoms with van der Waals surface area (Å²) in [5, 5.41) is 11.7. The topological polar surface area (TPSA) is 73.7 Å². The largest absolute Gasteiger partial charge is 0.507 e. The lowest BCUT2D eigenvalue weighted by molar-refractivity contribution is 0.120. The second-order valence-corrected chi connectivity index (χ2v) is 11.2. The fourth-order valence-corrected chi connectivity index (χ4v) is 7.03. The Balaban J connectivity index is 1.39. The number of phenolic OH excluding ortho intramolecular Hbond substituents is 1. The van der Waals surface area contributed by atoms with E-state index in [2.05, 4.69) is 16.8 Å². The van der Waals surface area contributed by atoms with Gasteiger partial charge in [0, 0.05) is 36.3 Å². The molecule has 1 aromatic heterocycles. The van der Waals surface area contributed by atoms with Gasteiger partial charge in [-0.3, -0.25) is 14.2 Å². The molecule has 0 saturated carbocycles. The van der Waals surface area contributed by atoms with Gasteiger partial charge in [-0.1, -0.05) is 18.2 Å². The predicted molar refractivity (Wildman–Crippen MR) is 135 cm³/mol. The molecule has 5 rings (SSSR count). The number of nitrogens with zero attached hydrogens (tertiary/aromatic N) is 3. The van der Waals surface area contributed by atoms with Crippen molar-refractivity contribution in [1.29, 1.82) is 0 Å². The Morgan fingerprint density at radius 3 is 2.74 bits per heavy atom. The second-order valence-electron chi connectivity index (χ2n) is 9.49. The first kappa shape index (κ1) is 23.5. The second kappa shape index (κ2) is 8.77. The maximum atomic E-state index is 13.9. The summed E-state index contributed by atoms with van der Waals surface area (Å²) < 4.78 is 41.2. The van der Waals surface area contributed by atoms with Gasteiger partial charge in [-0.25, -0.2) is 12.8 Å². The maximum absolute atomic E-state index is 13.9. The van der Waals surface area contributed by atoms with Crippen LogP contribution in [-0.2, 0) is 16.6 Å². The number of halogens is 1. The van der Waals surface area contributed by atoms with E-state index in [-0.39, 0.29) is 11.8 Å². The fourth-order valence-electron chi connectivity index (χ4n) is 5.35. The van der Waals surface area contributed by atoms with Crippen LogP contribution in [0, 0.1) is 12.7 Å². The van der Waals surface area contributed by atoms with Crippen LogP contribution in [0.25, 0.3) is 11.3 Å². The minimum atomic E-state index is -3.68. The van der Waals surface area contributed by atoms with E-state index in [4.69, 9.17) is 0 Å². The molecule has 1 saturated heterocycles. The van der Waals surface area contributed by atoms with E-state index in [1.807, 2.05) is 31.2 Å². The first-order chi connectivity index (χ1) is 16.7. The molecule has 3 heterocycles. The van der Waals surface area contributed by atoms with Crippen molar-refractivity contribution in [1.82, 2.24) is 9.88 Å². The maximum Gasteiger partial charge on any atom is 0.258 e. The Morgan fingerprint density at radius 1 is 1.17 bits per heavy atom. The summed E-state index contributed by atoms with van der Waals surface area (Å²) >= 11 is 0. The number of hydrogen-bond donors (Lipinski definition) is 1. The molecule has 2 atom stereocenters. The minimum Gasteiger partial charge on any atom is -0.507 e. The van der Waals surface area contributed by atoms with Crippen molar-refractivity contribution in [2.24, 2.45) is 0 Å². The summed E-state index contributed by atoms with van der Waals surface area (Å²) in [6.45, 7) is 5.39. The summed E-state index contributed by atoms with van der Waals surface area (Å²) in [5.74, 6) is -0.273. The van der Waals surface area contributed by atoms with E-state index in [9.17, 15) is 17.9 Å². The molecule has 1 spiro atoms. The number of aromatic nitrogens is 1. The Bertz CT molecular complexity index is 1410. The van der Waals surface area contributed by atoms with Crippen LogP contribution in [0.15, 0.2) is 72.3 Å². The van der Waals surface area contributed by atoms with Gasteiger partial charge in [-0.15, -0.1) is 0 Å². The van der Waals surface area contributed by atoms with Gasteiger partial charge in [0.15, 0.2) is 0 Å². The molecule has 2 aromatic carbocycles. The molecule has 0 aliphatic carbocycles. The van der Waals surface area contributed by atoms with Crippen molar-refractivity contribution in [3.8, 4) is 17.0 Å². The molecule has 1 N–H and O–H groups in total. The van der Waals surface area contributed by atoms with Crippen LogP contribution in [-0.4, -0.2) is 41.5 Å². The van der Waals surface area contributed by atoms with Crippen molar-refractivity contribution in [2.45, 2.75) is 44.8 Å². The monoisotopic (exact) mass is 493 g/mol. The Morgan fingerprint density at radius 2 is 2.00 bits per heavy atom. The van der Waals surface area contributed by atoms with Crippen molar-refractivity contribution in [3.63, 3.8) is 0 Å². The Kier molecular flexibility index (Phi) is 5.89. The molecule has 2 unspecified atom stereocenters. The van der Waals surface area contributed by atoms with E-state index in [1.54, 1.807) is 24.4 Å². The molecule has 182 valence electrons. The highest BCUT2D eigenvalue weighted by Crippen LogP contribution is 2.43. The molecule has 0 amide bonds. The summed E-state index contributed by atoms with van der Waals surface area (Å²) in [4.78, 5) is 6.76. The quantitative estimate of drug-likeness (QED) is 0.554. The molecule has 3 aromatic rings. The standard InChI is InChI=1S/C27H28FN3O3S/c1-19-5-4-12-29-26(19)24-15-21(8-9-25(24)32)18-30-13-10-27(17-20(30)2)11-14-35(33,34)31(27)23-7-3-6-22(28)16-23/h3-9,11-12,14-16,20,32H,10,13,17-18H2,1-2H3. The van der Waals surface area contributed by atoms with Crippen LogP contribution in [0.2, 0.25) is 0 Å². The van der Waals surface area contributed by atoms with Crippen LogP contribution < -0.4 is 4.31 Å². The van der Waals surface area contributed by atoms with Gasteiger partial charge in [0.25, 0.3) is 10.0 Å². The third-order valence-electron chi connectivity index (χ3n) is 7.07. The van der Waals surface area contributed by atoms with E-state index in [0.29, 0.717) is 37.2 Å². The summed E-state index contributed by atoms with van der Waals surface area (Å²) in [7, 11) is -3.68. The number of likely N-dealkylation sites (tertiary alicyclic amines) is 1. The Labute approximate surface area is 205 Å². The van der Waals surface area contributed by atoms with E-state index in [1.165, 1.54) is 27.9 Å². The minimum absolute atomic E-state index is 0.0756. The first-order valence-corrected chi connectivity index (χ1v) is 13.2. The van der Waals surface area contributed by atoms with E-state index in [0.717, 1.165) is 16.8 Å². The number of aryl methyl sites for hydroxylation is 1. The number of aromatic hydroxyl groups is 1. The molecule has 0 bridgehead atoms. The number of sulfonamides is 1. The average Bonchev–Trinajstić information content (AvgIpc) is 3.07. The lowest BCUT2D eigenvalue weighted by Gasteiger charge is -2.47. The van der Waals surface area contributed by atoms with Gasteiger partial charge in [-0.05, 0) is 80.3 Å². The smallest absolute Gasteiger partial charge is 0.258 e. The molecule has 8 heteroatoms. The molecule has 0 radical (unpaired) electrons. The van der Waals surface area contributed by atoms with Crippen molar-refractivity contribution >= 4 is 15.7 Å². The third-order valence-corrected chi connectivity index (χ3v) is 8.63. The summed E-state index contributed by atoms with van der Waals surface area (Å²) in [5.41, 5.74) is 3.12. The van der Waals surface area contributed by atoms with Gasteiger partial charge in [0.05, 0.1) is 16.9 Å². The average molecular weight is 494 g/mol. The van der Waals surface area contributed by atoms with Crippen LogP contribution >= 0.6 is 0 Å². The van der Waals surface area contributed by atoms with Crippen LogP contribution in [0.1, 0.15) is 30.9 Å². The van der Waals surface area contributed by atoms with Gasteiger partial charge in [-0.2, -0.15) is 0 Å². The molecule has 6 nitrogen and oxygen atoms in total. The summed E-state index contributed by atoms with van der Waals surface area (Å²) in [6.07, 6.45) is 4.66. The van der Waals surface area contributed by atoms with Gasteiger partial charge in [0.2, 0.25) is 0 Å². The van der Waals surface area contributed by atoms with Crippen molar-refractivity contribution in [2.75, 3.05) is 10.8 Å². The van der Waals surface area contributed by atoms with Gasteiger partial charge < -0.3 is 5.11 Å². The van der Waals surface area contributed by atoms with Crippen LogP contribution in [0.3, 0.4) is 0 Å². The number of rotatable bonds is 4. The van der Waals surface area contributed by atoms with E-state index < -0.39 is 21.4 Å². The van der Waals surface area contributed by atoms with Gasteiger partial charge in [0.1, 0.15) is 11.6 Å². The van der Waals surface area contributed by atoms with Crippen LogP contribution in [0.5, 0.6) is 5.75 Å². The molecule has 2 aliphatic heterocycles. The number of piperidine rings is 1. The zero-order chi connectivity index (χ0) is 24.8. The number of anilines is 1. The summed E-state index contributed by atoms with van der Waals surface area (Å²) in [6, 6.07) is 15.3. The molecule has 2 aliphatic rings. The lowest BCUT2D eigenvalue weighted by atomic mass is 9.83. The third kappa shape index (κ3) is 4.32. The number of phenols is 1. The molecule has 1 fully saturated rings. The SMILES string of the molecule is Cc1cccnc1-c1cc(CN2CCC3(C=CS(=O)(=O)N3c3cccc(F)c3)CC2C)ccc1O. The highest BCUT2D eigenvalue weighted by atomic mass is 32.2. The fraction of sp³-hybridized carbons (Fsp3) is 0.296. The van der Waals surface area contributed by atoms with Crippen molar-refractivity contribution < 1.29 is 17.9 Å². The highest BCUT2D eigenvalue weighted by Gasteiger charge is 2.49. The van der Waals surface area contributed by atoms with Gasteiger partial charge >= 0.3 is 0 Å². The first-order valence-electron chi connectivity index (χ1n) is 11.7. The van der Waals surface area contributed by atoms with E-state index >= 15 is 0 Å².